The van der Waals surface area contributed by atoms with Gasteiger partial charge < -0.3 is 14.8 Å². The van der Waals surface area contributed by atoms with E-state index in [2.05, 4.69) is 43.1 Å². The normalized spacial score (nSPS) is 21.3. The summed E-state index contributed by atoms with van der Waals surface area (Å²) in [7, 11) is 0. The number of Topliss-reactive ketones (excluding diaryl/α,β-unsaturated/α-hetero) is 1. The highest BCUT2D eigenvalue weighted by molar-refractivity contribution is 9.10. The van der Waals surface area contributed by atoms with Crippen molar-refractivity contribution in [2.24, 2.45) is 5.41 Å². The molecule has 12 heteroatoms. The number of nitrogens with zero attached hydrogens (tertiary/aromatic N) is 5. The van der Waals surface area contributed by atoms with E-state index in [-0.39, 0.29) is 51.8 Å². The highest BCUT2D eigenvalue weighted by atomic mass is 79.9. The van der Waals surface area contributed by atoms with E-state index >= 15 is 0 Å². The lowest BCUT2D eigenvalue weighted by molar-refractivity contribution is -0.138. The molecule has 3 aromatic heterocycles. The summed E-state index contributed by atoms with van der Waals surface area (Å²) < 4.78 is 29.3. The van der Waals surface area contributed by atoms with Crippen LogP contribution in [-0.2, 0) is 16.1 Å². The van der Waals surface area contributed by atoms with Crippen molar-refractivity contribution in [1.82, 2.24) is 24.4 Å². The van der Waals surface area contributed by atoms with Gasteiger partial charge in [-0.25, -0.2) is 23.7 Å². The summed E-state index contributed by atoms with van der Waals surface area (Å²) in [6, 6.07) is 4.28. The predicted molar refractivity (Wildman–Crippen MR) is 164 cm³/mol. The van der Waals surface area contributed by atoms with E-state index in [1.807, 2.05) is 19.1 Å². The third-order valence-corrected chi connectivity index (χ3v) is 9.36. The smallest absolute Gasteiger partial charge is 0.248 e. The van der Waals surface area contributed by atoms with Crippen molar-refractivity contribution in [1.29, 1.82) is 0 Å². The Hall–Kier alpha value is -4.06. The topological polar surface area (TPSA) is 110 Å². The number of nitrogens with one attached hydrogen (secondary N) is 1. The van der Waals surface area contributed by atoms with Crippen LogP contribution in [0.4, 0.5) is 14.6 Å². The zero-order chi connectivity index (χ0) is 31.7. The molecule has 1 unspecified atom stereocenters. The van der Waals surface area contributed by atoms with Crippen LogP contribution in [0.15, 0.2) is 41.4 Å². The largest absolute Gasteiger partial charge is 0.337 e. The van der Waals surface area contributed by atoms with Crippen LogP contribution in [0.3, 0.4) is 0 Å². The number of aromatic nitrogens is 4. The highest BCUT2D eigenvalue weighted by Crippen LogP contribution is 2.59. The summed E-state index contributed by atoms with van der Waals surface area (Å²) >= 11 is 3.07. The second-order valence-corrected chi connectivity index (χ2v) is 12.9. The fourth-order valence-electron chi connectivity index (χ4n) is 6.39. The number of anilines is 1. The maximum absolute atomic E-state index is 14.0. The first-order chi connectivity index (χ1) is 20.8. The van der Waals surface area contributed by atoms with E-state index in [1.54, 1.807) is 35.0 Å². The van der Waals surface area contributed by atoms with Gasteiger partial charge in [0.25, 0.3) is 0 Å². The molecule has 1 N–H and O–H groups in total. The van der Waals surface area contributed by atoms with Crippen molar-refractivity contribution in [3.63, 3.8) is 0 Å². The number of carbonyl (C=O) groups is 3. The Labute approximate surface area is 261 Å². The van der Waals surface area contributed by atoms with Crippen LogP contribution >= 0.6 is 15.9 Å². The SMILES string of the molecule is CC(=O)c1cn(CC(=O)N2[C@H](C(=O)Nc3nc(Br)c(F)cc3C)C[C@@]3(C)C[C@@H]23)c2c(C)cc(-c3cnc(C(C)F)nc3)cc12. The molecule has 9 nitrogen and oxygen atoms in total. The molecular formula is C32H31BrF2N6O3. The van der Waals surface area contributed by atoms with Gasteiger partial charge in [-0.15, -0.1) is 0 Å². The minimum atomic E-state index is -1.29. The summed E-state index contributed by atoms with van der Waals surface area (Å²) in [5.41, 5.74) is 3.78. The first-order valence-corrected chi connectivity index (χ1v) is 15.1. The minimum absolute atomic E-state index is 0.00856. The van der Waals surface area contributed by atoms with Crippen molar-refractivity contribution in [2.75, 3.05) is 5.32 Å². The number of aryl methyl sites for hydroxylation is 2. The van der Waals surface area contributed by atoms with Gasteiger partial charge in [-0.2, -0.15) is 0 Å². The van der Waals surface area contributed by atoms with Crippen molar-refractivity contribution in [3.8, 4) is 11.1 Å². The number of fused-ring (bicyclic) bond motifs is 2. The first kappa shape index (κ1) is 30.0. The van der Waals surface area contributed by atoms with Gasteiger partial charge in [0.05, 0.1) is 5.52 Å². The van der Waals surface area contributed by atoms with Gasteiger partial charge in [-0.3, -0.25) is 14.4 Å². The maximum Gasteiger partial charge on any atom is 0.248 e. The molecule has 6 rings (SSSR count). The average Bonchev–Trinajstić information content (AvgIpc) is 3.32. The second kappa shape index (κ2) is 10.8. The molecule has 4 aromatic rings. The number of halogens is 3. The molecule has 228 valence electrons. The Morgan fingerprint density at radius 1 is 1.11 bits per heavy atom. The van der Waals surface area contributed by atoms with Crippen LogP contribution in [0.2, 0.25) is 0 Å². The molecule has 44 heavy (non-hydrogen) atoms. The van der Waals surface area contributed by atoms with E-state index in [9.17, 15) is 23.2 Å². The van der Waals surface area contributed by atoms with Crippen LogP contribution in [0.1, 0.15) is 67.1 Å². The molecule has 0 radical (unpaired) electrons. The van der Waals surface area contributed by atoms with E-state index in [0.29, 0.717) is 28.5 Å². The predicted octanol–water partition coefficient (Wildman–Crippen LogP) is 6.26. The molecule has 2 fully saturated rings. The van der Waals surface area contributed by atoms with Crippen LogP contribution in [0.25, 0.3) is 22.0 Å². The van der Waals surface area contributed by atoms with E-state index in [1.165, 1.54) is 19.9 Å². The van der Waals surface area contributed by atoms with Crippen molar-refractivity contribution < 1.29 is 23.2 Å². The molecule has 2 amide bonds. The van der Waals surface area contributed by atoms with Gasteiger partial charge in [0, 0.05) is 41.1 Å². The zero-order valence-corrected chi connectivity index (χ0v) is 26.5. The van der Waals surface area contributed by atoms with Crippen molar-refractivity contribution in [3.05, 3.63) is 69.7 Å². The number of hydrogen-bond donors (Lipinski definition) is 1. The molecule has 1 saturated heterocycles. The van der Waals surface area contributed by atoms with Gasteiger partial charge in [0.15, 0.2) is 23.6 Å². The third-order valence-electron chi connectivity index (χ3n) is 8.80. The lowest BCUT2D eigenvalue weighted by atomic mass is 10.0. The van der Waals surface area contributed by atoms with Gasteiger partial charge in [0.2, 0.25) is 11.8 Å². The fourth-order valence-corrected chi connectivity index (χ4v) is 6.68. The van der Waals surface area contributed by atoms with Gasteiger partial charge >= 0.3 is 0 Å². The van der Waals surface area contributed by atoms with Crippen molar-refractivity contribution >= 4 is 50.2 Å². The van der Waals surface area contributed by atoms with Crippen LogP contribution in [-0.4, -0.2) is 54.1 Å². The molecular weight excluding hydrogens is 634 g/mol. The summed E-state index contributed by atoms with van der Waals surface area (Å²) in [6.45, 7) is 8.40. The molecule has 4 heterocycles. The molecule has 1 aliphatic heterocycles. The molecule has 1 aliphatic carbocycles. The Balaban J connectivity index is 1.30. The second-order valence-electron chi connectivity index (χ2n) is 12.2. The quantitative estimate of drug-likeness (QED) is 0.184. The third kappa shape index (κ3) is 5.18. The number of alkyl halides is 1. The van der Waals surface area contributed by atoms with E-state index < -0.39 is 18.0 Å². The number of carbonyl (C=O) groups excluding carboxylic acids is 3. The summed E-state index contributed by atoms with van der Waals surface area (Å²) in [5, 5.41) is 3.47. The molecule has 0 bridgehead atoms. The summed E-state index contributed by atoms with van der Waals surface area (Å²) in [6.07, 6.45) is 4.82. The monoisotopic (exact) mass is 664 g/mol. The van der Waals surface area contributed by atoms with Crippen LogP contribution in [0.5, 0.6) is 0 Å². The standard InChI is InChI=1S/C32H31BrF2N6O3/c1-15-6-19(20-11-36-30(17(3)34)37-12-20)8-21-22(18(4)42)13-40(27(15)21)14-26(43)41-24(9-32(5)10-25(32)41)31(44)39-29-16(2)7-23(35)28(33)38-29/h6-8,11-13,17,24-25H,9-10,14H2,1-5H3,(H,38,39,44)/t17?,24-,25+,32-/m0/s1. The lowest BCUT2D eigenvalue weighted by Gasteiger charge is -2.27. The van der Waals surface area contributed by atoms with Crippen molar-refractivity contribution in [2.45, 2.75) is 72.3 Å². The number of likely N-dealkylation sites (tertiary alicyclic amines) is 1. The minimum Gasteiger partial charge on any atom is -0.337 e. The number of benzene rings is 1. The maximum atomic E-state index is 14.0. The fraction of sp³-hybridized carbons (Fsp3) is 0.375. The first-order valence-electron chi connectivity index (χ1n) is 14.3. The van der Waals surface area contributed by atoms with Crippen LogP contribution < -0.4 is 5.32 Å². The Kier molecular flexibility index (Phi) is 7.38. The lowest BCUT2D eigenvalue weighted by Crippen LogP contribution is -2.46. The molecule has 0 spiro atoms. The van der Waals surface area contributed by atoms with E-state index in [0.717, 1.165) is 23.1 Å². The average molecular weight is 666 g/mol. The van der Waals surface area contributed by atoms with Gasteiger partial charge in [-0.1, -0.05) is 6.92 Å². The Bertz CT molecular complexity index is 1860. The number of amides is 2. The van der Waals surface area contributed by atoms with Gasteiger partial charge in [-0.05, 0) is 96.8 Å². The summed E-state index contributed by atoms with van der Waals surface area (Å²) in [5.74, 6) is -0.971. The molecule has 2 aliphatic rings. The molecule has 1 saturated carbocycles. The zero-order valence-electron chi connectivity index (χ0n) is 24.9. The van der Waals surface area contributed by atoms with Gasteiger partial charge in [0.1, 0.15) is 23.0 Å². The Morgan fingerprint density at radius 3 is 2.48 bits per heavy atom. The Morgan fingerprint density at radius 2 is 1.82 bits per heavy atom. The van der Waals surface area contributed by atoms with Crippen LogP contribution in [0, 0.1) is 25.1 Å². The molecule has 1 aromatic carbocycles. The number of pyridine rings is 1. The number of hydrogen-bond acceptors (Lipinski definition) is 6. The number of rotatable bonds is 7. The van der Waals surface area contributed by atoms with E-state index in [4.69, 9.17) is 0 Å². The molecule has 4 atom stereocenters. The number of ketones is 1. The highest BCUT2D eigenvalue weighted by Gasteiger charge is 2.64. The number of piperidine rings is 1. The summed E-state index contributed by atoms with van der Waals surface area (Å²) in [4.78, 5) is 54.2.